The highest BCUT2D eigenvalue weighted by atomic mass is 32.1. The lowest BCUT2D eigenvalue weighted by Gasteiger charge is -2.25. The van der Waals surface area contributed by atoms with Crippen molar-refractivity contribution < 1.29 is 14.3 Å². The Morgan fingerprint density at radius 1 is 1.26 bits per heavy atom. The largest absolute Gasteiger partial charge is 0.481 e. The number of carbonyl (C=O) groups is 1. The minimum Gasteiger partial charge on any atom is -0.481 e. The quantitative estimate of drug-likeness (QED) is 0.764. The van der Waals surface area contributed by atoms with E-state index in [0.29, 0.717) is 18.0 Å². The predicted octanol–water partition coefficient (Wildman–Crippen LogP) is 4.63. The Hall–Kier alpha value is -1.72. The number of thiophene rings is 1. The van der Waals surface area contributed by atoms with Gasteiger partial charge in [-0.3, -0.25) is 9.69 Å². The average Bonchev–Trinajstić information content (AvgIpc) is 2.94. The SMILES string of the molecule is CC(C)N(CCCC(=O)O)Cc1ccc(-c2ccccc2F)s1. The van der Waals surface area contributed by atoms with Crippen LogP contribution in [-0.2, 0) is 11.3 Å². The lowest BCUT2D eigenvalue weighted by Crippen LogP contribution is -2.31. The number of aliphatic carboxylic acids is 1. The molecule has 0 aliphatic rings. The van der Waals surface area contributed by atoms with Crippen molar-refractivity contribution in [1.82, 2.24) is 4.90 Å². The van der Waals surface area contributed by atoms with Gasteiger partial charge in [0.2, 0.25) is 0 Å². The zero-order valence-electron chi connectivity index (χ0n) is 13.5. The van der Waals surface area contributed by atoms with Crippen molar-refractivity contribution >= 4 is 17.3 Å². The number of hydrogen-bond donors (Lipinski definition) is 1. The van der Waals surface area contributed by atoms with Gasteiger partial charge >= 0.3 is 5.97 Å². The second-order valence-electron chi connectivity index (χ2n) is 5.81. The first-order chi connectivity index (χ1) is 11.0. The molecule has 1 aromatic heterocycles. The molecule has 0 saturated carbocycles. The normalized spacial score (nSPS) is 11.3. The maximum atomic E-state index is 13.9. The summed E-state index contributed by atoms with van der Waals surface area (Å²) in [5, 5.41) is 8.76. The van der Waals surface area contributed by atoms with Crippen LogP contribution >= 0.6 is 11.3 Å². The van der Waals surface area contributed by atoms with E-state index in [1.807, 2.05) is 18.2 Å². The lowest BCUT2D eigenvalue weighted by atomic mass is 10.2. The van der Waals surface area contributed by atoms with Crippen molar-refractivity contribution in [1.29, 1.82) is 0 Å². The smallest absolute Gasteiger partial charge is 0.303 e. The summed E-state index contributed by atoms with van der Waals surface area (Å²) in [5.74, 6) is -0.963. The van der Waals surface area contributed by atoms with Gasteiger partial charge in [-0.05, 0) is 45.0 Å². The Bertz CT molecular complexity index is 654. The van der Waals surface area contributed by atoms with Gasteiger partial charge in [-0.2, -0.15) is 0 Å². The number of rotatable bonds is 8. The highest BCUT2D eigenvalue weighted by molar-refractivity contribution is 7.15. The van der Waals surface area contributed by atoms with Gasteiger partial charge in [0.25, 0.3) is 0 Å². The molecular formula is C18H22FNO2S. The lowest BCUT2D eigenvalue weighted by molar-refractivity contribution is -0.137. The molecule has 3 nitrogen and oxygen atoms in total. The summed E-state index contributed by atoms with van der Waals surface area (Å²) in [6, 6.07) is 11.1. The van der Waals surface area contributed by atoms with Gasteiger partial charge in [-0.25, -0.2) is 4.39 Å². The van der Waals surface area contributed by atoms with Crippen molar-refractivity contribution in [3.63, 3.8) is 0 Å². The van der Waals surface area contributed by atoms with Crippen LogP contribution in [-0.4, -0.2) is 28.6 Å². The number of hydrogen-bond acceptors (Lipinski definition) is 3. The van der Waals surface area contributed by atoms with Crippen LogP contribution in [0.4, 0.5) is 4.39 Å². The van der Waals surface area contributed by atoms with E-state index in [-0.39, 0.29) is 12.2 Å². The van der Waals surface area contributed by atoms with E-state index in [4.69, 9.17) is 5.11 Å². The zero-order chi connectivity index (χ0) is 16.8. The second kappa shape index (κ2) is 8.22. The molecule has 0 spiro atoms. The van der Waals surface area contributed by atoms with E-state index in [1.165, 1.54) is 6.07 Å². The summed E-state index contributed by atoms with van der Waals surface area (Å²) in [6.07, 6.45) is 0.827. The maximum absolute atomic E-state index is 13.9. The molecule has 0 unspecified atom stereocenters. The fourth-order valence-corrected chi connectivity index (χ4v) is 3.48. The number of nitrogens with zero attached hydrogens (tertiary/aromatic N) is 1. The first kappa shape index (κ1) is 17.6. The van der Waals surface area contributed by atoms with Crippen molar-refractivity contribution in [2.75, 3.05) is 6.54 Å². The van der Waals surface area contributed by atoms with Gasteiger partial charge in [0.05, 0.1) is 0 Å². The van der Waals surface area contributed by atoms with Crippen LogP contribution in [0.25, 0.3) is 10.4 Å². The van der Waals surface area contributed by atoms with Crippen LogP contribution in [0.5, 0.6) is 0 Å². The van der Waals surface area contributed by atoms with Crippen molar-refractivity contribution in [2.24, 2.45) is 0 Å². The Morgan fingerprint density at radius 2 is 2.00 bits per heavy atom. The standard InChI is InChI=1S/C18H22FNO2S/c1-13(2)20(11-5-8-18(21)22)12-14-9-10-17(23-14)15-6-3-4-7-16(15)19/h3-4,6-7,9-10,13H,5,8,11-12H2,1-2H3,(H,21,22). The van der Waals surface area contributed by atoms with E-state index < -0.39 is 5.97 Å². The molecule has 1 heterocycles. The zero-order valence-corrected chi connectivity index (χ0v) is 14.3. The molecule has 0 bridgehead atoms. The van der Waals surface area contributed by atoms with Gasteiger partial charge < -0.3 is 5.11 Å². The minimum absolute atomic E-state index is 0.189. The third-order valence-corrected chi connectivity index (χ3v) is 4.83. The topological polar surface area (TPSA) is 40.5 Å². The first-order valence-electron chi connectivity index (χ1n) is 7.77. The summed E-state index contributed by atoms with van der Waals surface area (Å²) in [5.41, 5.74) is 0.630. The molecule has 1 N–H and O–H groups in total. The van der Waals surface area contributed by atoms with Crippen molar-refractivity contribution in [2.45, 2.75) is 39.3 Å². The monoisotopic (exact) mass is 335 g/mol. The second-order valence-corrected chi connectivity index (χ2v) is 6.98. The van der Waals surface area contributed by atoms with Crippen molar-refractivity contribution in [3.05, 3.63) is 47.1 Å². The van der Waals surface area contributed by atoms with Crippen molar-refractivity contribution in [3.8, 4) is 10.4 Å². The molecular weight excluding hydrogens is 313 g/mol. The molecule has 23 heavy (non-hydrogen) atoms. The Balaban J connectivity index is 2.04. The van der Waals surface area contributed by atoms with E-state index in [9.17, 15) is 9.18 Å². The highest BCUT2D eigenvalue weighted by Gasteiger charge is 2.13. The molecule has 0 aliphatic carbocycles. The summed E-state index contributed by atoms with van der Waals surface area (Å²) < 4.78 is 13.9. The molecule has 0 saturated heterocycles. The highest BCUT2D eigenvalue weighted by Crippen LogP contribution is 2.30. The Morgan fingerprint density at radius 3 is 2.65 bits per heavy atom. The summed E-state index contributed by atoms with van der Waals surface area (Å²) in [4.78, 5) is 15.0. The van der Waals surface area contributed by atoms with E-state index >= 15 is 0 Å². The number of halogens is 1. The molecule has 5 heteroatoms. The van der Waals surface area contributed by atoms with Gasteiger partial charge in [0.1, 0.15) is 5.82 Å². The molecule has 124 valence electrons. The molecule has 0 aliphatic heterocycles. The van der Waals surface area contributed by atoms with E-state index in [1.54, 1.807) is 23.5 Å². The predicted molar refractivity (Wildman–Crippen MR) is 92.1 cm³/mol. The minimum atomic E-state index is -0.758. The van der Waals surface area contributed by atoms with Gasteiger partial charge in [-0.15, -0.1) is 11.3 Å². The maximum Gasteiger partial charge on any atom is 0.303 e. The van der Waals surface area contributed by atoms with Crippen LogP contribution < -0.4 is 0 Å². The number of carboxylic acids is 1. The molecule has 2 aromatic rings. The number of carboxylic acid groups (broad SMARTS) is 1. The van der Waals surface area contributed by atoms with Gasteiger partial charge in [-0.1, -0.05) is 18.2 Å². The Kier molecular flexibility index (Phi) is 6.30. The van der Waals surface area contributed by atoms with Crippen LogP contribution in [0.15, 0.2) is 36.4 Å². The summed E-state index contributed by atoms with van der Waals surface area (Å²) in [6.45, 7) is 5.71. The first-order valence-corrected chi connectivity index (χ1v) is 8.58. The van der Waals surface area contributed by atoms with E-state index in [0.717, 1.165) is 22.8 Å². The third kappa shape index (κ3) is 5.15. The third-order valence-electron chi connectivity index (χ3n) is 3.73. The molecule has 0 atom stereocenters. The van der Waals surface area contributed by atoms with Crippen LogP contribution in [0.1, 0.15) is 31.6 Å². The molecule has 0 amide bonds. The number of benzene rings is 1. The van der Waals surface area contributed by atoms with Crippen LogP contribution in [0.2, 0.25) is 0 Å². The molecule has 1 aromatic carbocycles. The van der Waals surface area contributed by atoms with Crippen LogP contribution in [0, 0.1) is 5.82 Å². The van der Waals surface area contributed by atoms with Gasteiger partial charge in [0, 0.05) is 34.3 Å². The molecule has 0 fully saturated rings. The molecule has 0 radical (unpaired) electrons. The summed E-state index contributed by atoms with van der Waals surface area (Å²) in [7, 11) is 0. The van der Waals surface area contributed by atoms with Gasteiger partial charge in [0.15, 0.2) is 0 Å². The fraction of sp³-hybridized carbons (Fsp3) is 0.389. The summed E-state index contributed by atoms with van der Waals surface area (Å²) >= 11 is 1.59. The van der Waals surface area contributed by atoms with E-state index in [2.05, 4.69) is 18.7 Å². The van der Waals surface area contributed by atoms with Crippen LogP contribution in [0.3, 0.4) is 0 Å². The fourth-order valence-electron chi connectivity index (χ4n) is 2.42. The average molecular weight is 335 g/mol. The molecule has 2 rings (SSSR count). The Labute approximate surface area is 140 Å².